The van der Waals surface area contributed by atoms with Gasteiger partial charge in [0.05, 0.1) is 11.4 Å². The summed E-state index contributed by atoms with van der Waals surface area (Å²) in [7, 11) is 1.57. The Morgan fingerprint density at radius 1 is 1.08 bits per heavy atom. The fourth-order valence-electron chi connectivity index (χ4n) is 2.42. The molecule has 6 heteroatoms. The lowest BCUT2D eigenvalue weighted by Crippen LogP contribution is -2.35. The van der Waals surface area contributed by atoms with E-state index in [0.29, 0.717) is 4.88 Å². The number of aryl methyl sites for hydroxylation is 1. The van der Waals surface area contributed by atoms with Crippen LogP contribution >= 0.6 is 11.3 Å². The summed E-state index contributed by atoms with van der Waals surface area (Å²) in [6.07, 6.45) is 1.08. The summed E-state index contributed by atoms with van der Waals surface area (Å²) >= 11 is 1.37. The van der Waals surface area contributed by atoms with Crippen LogP contribution in [0.25, 0.3) is 0 Å². The number of nitrogens with one attached hydrogen (secondary N) is 1. The Morgan fingerprint density at radius 3 is 2.52 bits per heavy atom. The topological polar surface area (TPSA) is 66.5 Å². The van der Waals surface area contributed by atoms with Crippen LogP contribution in [0.4, 0.5) is 5.69 Å². The Hall–Kier alpha value is -2.47. The van der Waals surface area contributed by atoms with Crippen molar-refractivity contribution in [2.45, 2.75) is 26.2 Å². The smallest absolute Gasteiger partial charge is 0.243 e. The second kappa shape index (κ2) is 9.13. The van der Waals surface area contributed by atoms with Gasteiger partial charge in [0.2, 0.25) is 11.8 Å². The van der Waals surface area contributed by atoms with Crippen molar-refractivity contribution in [3.8, 4) is 0 Å². The lowest BCUT2D eigenvalue weighted by molar-refractivity contribution is -0.133. The highest BCUT2D eigenvalue weighted by molar-refractivity contribution is 7.12. The van der Waals surface area contributed by atoms with E-state index in [1.165, 1.54) is 16.2 Å². The molecule has 25 heavy (non-hydrogen) atoms. The molecular weight excluding hydrogens is 336 g/mol. The Bertz CT molecular complexity index is 741. The predicted octanol–water partition coefficient (Wildman–Crippen LogP) is 3.37. The number of ketones is 1. The third-order valence-corrected chi connectivity index (χ3v) is 4.75. The molecule has 0 bridgehead atoms. The van der Waals surface area contributed by atoms with Crippen molar-refractivity contribution in [1.82, 2.24) is 4.90 Å². The Labute approximate surface area is 151 Å². The monoisotopic (exact) mass is 358 g/mol. The molecule has 0 aliphatic heterocycles. The largest absolute Gasteiger partial charge is 0.336 e. The van der Waals surface area contributed by atoms with E-state index < -0.39 is 0 Å². The summed E-state index contributed by atoms with van der Waals surface area (Å²) in [4.78, 5) is 38.2. The molecule has 2 rings (SSSR count). The fraction of sp³-hybridized carbons (Fsp3) is 0.316. The number of hydrogen-bond donors (Lipinski definition) is 1. The van der Waals surface area contributed by atoms with Gasteiger partial charge in [-0.2, -0.15) is 0 Å². The summed E-state index contributed by atoms with van der Waals surface area (Å²) < 4.78 is 0. The number of amides is 2. The quantitative estimate of drug-likeness (QED) is 0.736. The van der Waals surface area contributed by atoms with Crippen LogP contribution in [0.2, 0.25) is 0 Å². The molecule has 1 aromatic carbocycles. The number of rotatable bonds is 8. The first-order valence-electron chi connectivity index (χ1n) is 8.19. The first-order chi connectivity index (χ1) is 12.0. The van der Waals surface area contributed by atoms with Crippen LogP contribution in [-0.2, 0) is 16.0 Å². The molecule has 5 nitrogen and oxygen atoms in total. The van der Waals surface area contributed by atoms with Crippen molar-refractivity contribution < 1.29 is 14.4 Å². The second-order valence-corrected chi connectivity index (χ2v) is 6.66. The minimum absolute atomic E-state index is 0.0376. The van der Waals surface area contributed by atoms with Crippen molar-refractivity contribution in [2.24, 2.45) is 0 Å². The van der Waals surface area contributed by atoms with Gasteiger partial charge in [0, 0.05) is 25.6 Å². The number of carbonyl (C=O) groups is 3. The maximum Gasteiger partial charge on any atom is 0.243 e. The first kappa shape index (κ1) is 18.9. The maximum absolute atomic E-state index is 12.2. The van der Waals surface area contributed by atoms with Crippen LogP contribution in [0.3, 0.4) is 0 Å². The molecule has 0 fully saturated rings. The van der Waals surface area contributed by atoms with Gasteiger partial charge in [-0.1, -0.05) is 31.2 Å². The van der Waals surface area contributed by atoms with Gasteiger partial charge in [-0.15, -0.1) is 11.3 Å². The zero-order valence-electron chi connectivity index (χ0n) is 14.5. The van der Waals surface area contributed by atoms with Crippen LogP contribution in [-0.4, -0.2) is 36.1 Å². The Morgan fingerprint density at radius 2 is 1.84 bits per heavy atom. The van der Waals surface area contributed by atoms with Crippen molar-refractivity contribution in [3.63, 3.8) is 0 Å². The average molecular weight is 358 g/mol. The Balaban J connectivity index is 1.81. The number of para-hydroxylation sites is 1. The molecule has 1 N–H and O–H groups in total. The normalized spacial score (nSPS) is 10.3. The van der Waals surface area contributed by atoms with Gasteiger partial charge in [-0.25, -0.2) is 0 Å². The SMILES string of the molecule is CCc1ccccc1NC(=O)CN(C)C(=O)CCC(=O)c1cccs1. The highest BCUT2D eigenvalue weighted by atomic mass is 32.1. The van der Waals surface area contributed by atoms with Gasteiger partial charge in [0.15, 0.2) is 5.78 Å². The molecule has 0 saturated heterocycles. The number of likely N-dealkylation sites (N-methyl/N-ethyl adjacent to an activating group) is 1. The van der Waals surface area contributed by atoms with Crippen LogP contribution < -0.4 is 5.32 Å². The first-order valence-corrected chi connectivity index (χ1v) is 9.07. The van der Waals surface area contributed by atoms with Crippen LogP contribution in [0, 0.1) is 0 Å². The van der Waals surface area contributed by atoms with E-state index in [2.05, 4.69) is 5.32 Å². The molecule has 0 atom stereocenters. The molecule has 0 aliphatic rings. The number of Topliss-reactive ketones (excluding diaryl/α,β-unsaturated/α-hetero) is 1. The van der Waals surface area contributed by atoms with Crippen molar-refractivity contribution >= 4 is 34.6 Å². The molecule has 0 unspecified atom stereocenters. The molecule has 0 radical (unpaired) electrons. The van der Waals surface area contributed by atoms with E-state index in [-0.39, 0.29) is 37.0 Å². The lowest BCUT2D eigenvalue weighted by Gasteiger charge is -2.17. The van der Waals surface area contributed by atoms with Crippen molar-refractivity contribution in [3.05, 3.63) is 52.2 Å². The molecule has 2 amide bonds. The number of benzene rings is 1. The zero-order valence-corrected chi connectivity index (χ0v) is 15.3. The van der Waals surface area contributed by atoms with E-state index in [1.54, 1.807) is 13.1 Å². The van der Waals surface area contributed by atoms with Crippen molar-refractivity contribution in [1.29, 1.82) is 0 Å². The molecule has 1 aromatic heterocycles. The fourth-order valence-corrected chi connectivity index (χ4v) is 3.11. The highest BCUT2D eigenvalue weighted by Crippen LogP contribution is 2.15. The lowest BCUT2D eigenvalue weighted by atomic mass is 10.1. The molecule has 2 aromatic rings. The molecule has 0 saturated carbocycles. The molecule has 0 aliphatic carbocycles. The predicted molar refractivity (Wildman–Crippen MR) is 100.0 cm³/mol. The van der Waals surface area contributed by atoms with E-state index in [4.69, 9.17) is 0 Å². The molecule has 132 valence electrons. The highest BCUT2D eigenvalue weighted by Gasteiger charge is 2.16. The number of nitrogens with zero attached hydrogens (tertiary/aromatic N) is 1. The van der Waals surface area contributed by atoms with Gasteiger partial charge >= 0.3 is 0 Å². The maximum atomic E-state index is 12.2. The standard InChI is InChI=1S/C19H22N2O3S/c1-3-14-7-4-5-8-15(14)20-18(23)13-21(2)19(24)11-10-16(22)17-9-6-12-25-17/h4-9,12H,3,10-11,13H2,1-2H3,(H,20,23). The number of carbonyl (C=O) groups excluding carboxylic acids is 3. The van der Waals surface area contributed by atoms with E-state index in [0.717, 1.165) is 17.7 Å². The summed E-state index contributed by atoms with van der Waals surface area (Å²) in [5.74, 6) is -0.511. The van der Waals surface area contributed by atoms with Crippen LogP contribution in [0.1, 0.15) is 35.0 Å². The molecule has 1 heterocycles. The number of hydrogen-bond acceptors (Lipinski definition) is 4. The van der Waals surface area contributed by atoms with Gasteiger partial charge in [0.25, 0.3) is 0 Å². The Kier molecular flexibility index (Phi) is 6.89. The summed E-state index contributed by atoms with van der Waals surface area (Å²) in [6.45, 7) is 1.98. The average Bonchev–Trinajstić information content (AvgIpc) is 3.14. The molecule has 0 spiro atoms. The number of thiophene rings is 1. The zero-order chi connectivity index (χ0) is 18.2. The summed E-state index contributed by atoms with van der Waals surface area (Å²) in [5.41, 5.74) is 1.81. The molecular formula is C19H22N2O3S. The third-order valence-electron chi connectivity index (χ3n) is 3.84. The third kappa shape index (κ3) is 5.53. The van der Waals surface area contributed by atoms with E-state index >= 15 is 0 Å². The minimum atomic E-state index is -0.249. The van der Waals surface area contributed by atoms with Crippen LogP contribution in [0.5, 0.6) is 0 Å². The van der Waals surface area contributed by atoms with E-state index in [9.17, 15) is 14.4 Å². The summed E-state index contributed by atoms with van der Waals surface area (Å²) in [5, 5.41) is 4.67. The second-order valence-electron chi connectivity index (χ2n) is 5.71. The van der Waals surface area contributed by atoms with Gasteiger partial charge in [0.1, 0.15) is 0 Å². The van der Waals surface area contributed by atoms with Gasteiger partial charge in [-0.05, 0) is 29.5 Å². The summed E-state index contributed by atoms with van der Waals surface area (Å²) in [6, 6.07) is 11.2. The van der Waals surface area contributed by atoms with Gasteiger partial charge < -0.3 is 10.2 Å². The van der Waals surface area contributed by atoms with Crippen molar-refractivity contribution in [2.75, 3.05) is 18.9 Å². The minimum Gasteiger partial charge on any atom is -0.336 e. The van der Waals surface area contributed by atoms with Gasteiger partial charge in [-0.3, -0.25) is 14.4 Å². The van der Waals surface area contributed by atoms with E-state index in [1.807, 2.05) is 42.6 Å². The van der Waals surface area contributed by atoms with Crippen LogP contribution in [0.15, 0.2) is 41.8 Å². The number of anilines is 1.